The van der Waals surface area contributed by atoms with Crippen LogP contribution in [0, 0.1) is 17.2 Å². The Kier molecular flexibility index (Phi) is 2.83. The Bertz CT molecular complexity index is 166. The van der Waals surface area contributed by atoms with Crippen molar-refractivity contribution >= 4 is 0 Å². The quantitative estimate of drug-likeness (QED) is 0.607. The summed E-state index contributed by atoms with van der Waals surface area (Å²) in [4.78, 5) is 0. The minimum atomic E-state index is -0.370. The maximum absolute atomic E-state index is 8.75. The number of aliphatic hydroxyl groups excluding tert-OH is 1. The Morgan fingerprint density at radius 2 is 2.55 bits per heavy atom. The summed E-state index contributed by atoms with van der Waals surface area (Å²) in [6.07, 6.45) is -0.139. The zero-order chi connectivity index (χ0) is 8.27. The molecule has 1 saturated heterocycles. The minimum Gasteiger partial charge on any atom is -0.394 e. The minimum absolute atomic E-state index is 0.113. The number of hydrogen-bond acceptors (Lipinski definition) is 4. The van der Waals surface area contributed by atoms with Crippen LogP contribution in [-0.2, 0) is 9.47 Å². The number of aliphatic hydroxyl groups is 1. The molecule has 1 aliphatic rings. The summed E-state index contributed by atoms with van der Waals surface area (Å²) >= 11 is 0. The summed E-state index contributed by atoms with van der Waals surface area (Å²) in [5, 5.41) is 17.3. The van der Waals surface area contributed by atoms with Crippen molar-refractivity contribution in [2.24, 2.45) is 5.92 Å². The Morgan fingerprint density at radius 1 is 1.82 bits per heavy atom. The highest BCUT2D eigenvalue weighted by molar-refractivity contribution is 4.93. The molecule has 0 bridgehead atoms. The summed E-state index contributed by atoms with van der Waals surface area (Å²) in [6, 6.07) is 2.06. The van der Waals surface area contributed by atoms with Crippen molar-refractivity contribution in [3.63, 3.8) is 0 Å². The van der Waals surface area contributed by atoms with Crippen LogP contribution in [0.3, 0.4) is 0 Å². The van der Waals surface area contributed by atoms with E-state index < -0.39 is 0 Å². The fraction of sp³-hybridized carbons (Fsp3) is 0.857. The Labute approximate surface area is 65.3 Å². The Morgan fingerprint density at radius 3 is 2.91 bits per heavy atom. The van der Waals surface area contributed by atoms with Crippen LogP contribution in [-0.4, -0.2) is 31.2 Å². The van der Waals surface area contributed by atoms with E-state index in [9.17, 15) is 0 Å². The van der Waals surface area contributed by atoms with E-state index in [1.807, 2.05) is 0 Å². The average Bonchev–Trinajstić information content (AvgIpc) is 2.46. The van der Waals surface area contributed by atoms with Gasteiger partial charge in [0.05, 0.1) is 24.7 Å². The molecule has 1 fully saturated rings. The number of methoxy groups -OCH3 is 1. The lowest BCUT2D eigenvalue weighted by Gasteiger charge is -2.09. The van der Waals surface area contributed by atoms with Crippen molar-refractivity contribution in [1.82, 2.24) is 0 Å². The highest BCUT2D eigenvalue weighted by atomic mass is 16.7. The number of nitriles is 1. The van der Waals surface area contributed by atoms with E-state index in [-0.39, 0.29) is 24.9 Å². The molecule has 4 heteroatoms. The number of nitrogens with zero attached hydrogens (tertiary/aromatic N) is 1. The molecule has 0 radical (unpaired) electrons. The van der Waals surface area contributed by atoms with Crippen LogP contribution in [0.4, 0.5) is 0 Å². The van der Waals surface area contributed by atoms with Gasteiger partial charge < -0.3 is 14.6 Å². The Balaban J connectivity index is 2.49. The monoisotopic (exact) mass is 157 g/mol. The van der Waals surface area contributed by atoms with E-state index in [0.717, 1.165) is 0 Å². The zero-order valence-corrected chi connectivity index (χ0v) is 6.36. The lowest BCUT2D eigenvalue weighted by Crippen LogP contribution is -2.19. The summed E-state index contributed by atoms with van der Waals surface area (Å²) in [6.45, 7) is -0.113. The van der Waals surface area contributed by atoms with Crippen LogP contribution in [0.2, 0.25) is 0 Å². The maximum atomic E-state index is 8.75. The van der Waals surface area contributed by atoms with Gasteiger partial charge in [-0.05, 0) is 0 Å². The molecule has 1 rings (SSSR count). The topological polar surface area (TPSA) is 62.5 Å². The van der Waals surface area contributed by atoms with Crippen LogP contribution in [0.25, 0.3) is 0 Å². The van der Waals surface area contributed by atoms with Crippen molar-refractivity contribution in [3.05, 3.63) is 0 Å². The molecule has 3 atom stereocenters. The lowest BCUT2D eigenvalue weighted by atomic mass is 10.0. The smallest absolute Gasteiger partial charge is 0.159 e. The molecule has 1 N–H and O–H groups in total. The van der Waals surface area contributed by atoms with Gasteiger partial charge in [0.1, 0.15) is 0 Å². The summed E-state index contributed by atoms with van der Waals surface area (Å²) in [5.41, 5.74) is 0. The molecule has 62 valence electrons. The molecule has 0 saturated carbocycles. The van der Waals surface area contributed by atoms with E-state index in [0.29, 0.717) is 6.42 Å². The SMILES string of the molecule is CO[C@@H]1C[C@H](C#N)[C@@H](CO)O1. The van der Waals surface area contributed by atoms with Gasteiger partial charge in [-0.25, -0.2) is 0 Å². The van der Waals surface area contributed by atoms with Crippen molar-refractivity contribution in [2.45, 2.75) is 18.8 Å². The van der Waals surface area contributed by atoms with Gasteiger partial charge in [-0.3, -0.25) is 0 Å². The van der Waals surface area contributed by atoms with Crippen molar-refractivity contribution in [3.8, 4) is 6.07 Å². The number of rotatable bonds is 2. The second-order valence-corrected chi connectivity index (χ2v) is 2.49. The molecule has 4 nitrogen and oxygen atoms in total. The van der Waals surface area contributed by atoms with Gasteiger partial charge in [-0.1, -0.05) is 0 Å². The first-order chi connectivity index (χ1) is 5.31. The van der Waals surface area contributed by atoms with Gasteiger partial charge in [-0.2, -0.15) is 5.26 Å². The fourth-order valence-electron chi connectivity index (χ4n) is 1.16. The molecule has 0 aromatic carbocycles. The second-order valence-electron chi connectivity index (χ2n) is 2.49. The standard InChI is InChI=1S/C7H11NO3/c1-10-7-2-5(3-8)6(4-9)11-7/h5-7,9H,2,4H2,1H3/t5-,6-,7+/m1/s1. The Hall–Kier alpha value is -0.630. The molecule has 0 amide bonds. The highest BCUT2D eigenvalue weighted by Gasteiger charge is 2.34. The van der Waals surface area contributed by atoms with Crippen LogP contribution < -0.4 is 0 Å². The van der Waals surface area contributed by atoms with E-state index in [4.69, 9.17) is 19.8 Å². The van der Waals surface area contributed by atoms with Crippen LogP contribution in [0.5, 0.6) is 0 Å². The zero-order valence-electron chi connectivity index (χ0n) is 6.36. The first-order valence-corrected chi connectivity index (χ1v) is 3.50. The van der Waals surface area contributed by atoms with E-state index in [1.165, 1.54) is 7.11 Å². The van der Waals surface area contributed by atoms with Gasteiger partial charge in [0, 0.05) is 13.5 Å². The molecule has 1 aliphatic heterocycles. The first kappa shape index (κ1) is 8.47. The third-order valence-electron chi connectivity index (χ3n) is 1.83. The fourth-order valence-corrected chi connectivity index (χ4v) is 1.16. The van der Waals surface area contributed by atoms with Gasteiger partial charge in [0.25, 0.3) is 0 Å². The van der Waals surface area contributed by atoms with Gasteiger partial charge in [0.2, 0.25) is 0 Å². The molecule has 0 aromatic heterocycles. The molecule has 11 heavy (non-hydrogen) atoms. The first-order valence-electron chi connectivity index (χ1n) is 3.50. The maximum Gasteiger partial charge on any atom is 0.159 e. The highest BCUT2D eigenvalue weighted by Crippen LogP contribution is 2.25. The second kappa shape index (κ2) is 3.67. The van der Waals surface area contributed by atoms with Gasteiger partial charge >= 0.3 is 0 Å². The predicted octanol–water partition coefficient (Wildman–Crippen LogP) is -0.120. The van der Waals surface area contributed by atoms with Crippen molar-refractivity contribution in [1.29, 1.82) is 5.26 Å². The molecule has 0 unspecified atom stereocenters. The molecular formula is C7H11NO3. The number of hydrogen-bond donors (Lipinski definition) is 1. The van der Waals surface area contributed by atoms with Crippen molar-refractivity contribution in [2.75, 3.05) is 13.7 Å². The largest absolute Gasteiger partial charge is 0.394 e. The normalized spacial score (nSPS) is 37.0. The van der Waals surface area contributed by atoms with Gasteiger partial charge in [-0.15, -0.1) is 0 Å². The summed E-state index contributed by atoms with van der Waals surface area (Å²) < 4.78 is 10.1. The van der Waals surface area contributed by atoms with Crippen LogP contribution in [0.1, 0.15) is 6.42 Å². The van der Waals surface area contributed by atoms with E-state index in [2.05, 4.69) is 6.07 Å². The van der Waals surface area contributed by atoms with E-state index in [1.54, 1.807) is 0 Å². The third-order valence-corrected chi connectivity index (χ3v) is 1.83. The van der Waals surface area contributed by atoms with E-state index >= 15 is 0 Å². The predicted molar refractivity (Wildman–Crippen MR) is 36.5 cm³/mol. The molecule has 0 aliphatic carbocycles. The van der Waals surface area contributed by atoms with Crippen molar-refractivity contribution < 1.29 is 14.6 Å². The molecule has 0 spiro atoms. The average molecular weight is 157 g/mol. The van der Waals surface area contributed by atoms with Crippen LogP contribution in [0.15, 0.2) is 0 Å². The lowest BCUT2D eigenvalue weighted by molar-refractivity contribution is -0.123. The molecule has 0 aromatic rings. The molecule has 1 heterocycles. The van der Waals surface area contributed by atoms with Crippen LogP contribution >= 0.6 is 0 Å². The summed E-state index contributed by atoms with van der Waals surface area (Å²) in [5.74, 6) is -0.232. The number of ether oxygens (including phenoxy) is 2. The van der Waals surface area contributed by atoms with Gasteiger partial charge in [0.15, 0.2) is 6.29 Å². The third kappa shape index (κ3) is 1.69. The molecular weight excluding hydrogens is 146 g/mol. The summed E-state index contributed by atoms with van der Waals surface area (Å²) in [7, 11) is 1.53.